The van der Waals surface area contributed by atoms with Gasteiger partial charge >= 0.3 is 0 Å². The Balaban J connectivity index is 1.49. The van der Waals surface area contributed by atoms with E-state index in [1.165, 1.54) is 0 Å². The Bertz CT molecular complexity index is 602. The van der Waals surface area contributed by atoms with Crippen LogP contribution in [0.2, 0.25) is 0 Å². The number of nitrogens with zero attached hydrogens (tertiary/aromatic N) is 3. The zero-order valence-electron chi connectivity index (χ0n) is 15.2. The van der Waals surface area contributed by atoms with Crippen LogP contribution in [0.3, 0.4) is 0 Å². The van der Waals surface area contributed by atoms with Crippen molar-refractivity contribution in [3.8, 4) is 0 Å². The highest BCUT2D eigenvalue weighted by molar-refractivity contribution is 5.94. The van der Waals surface area contributed by atoms with Gasteiger partial charge in [-0.1, -0.05) is 0 Å². The number of likely N-dealkylation sites (N-methyl/N-ethyl adjacent to an activating group) is 1. The van der Waals surface area contributed by atoms with Gasteiger partial charge in [-0.2, -0.15) is 0 Å². The third-order valence-corrected chi connectivity index (χ3v) is 4.86. The van der Waals surface area contributed by atoms with Gasteiger partial charge in [0.15, 0.2) is 0 Å². The molecule has 0 atom stereocenters. The van der Waals surface area contributed by atoms with Crippen molar-refractivity contribution in [2.45, 2.75) is 12.8 Å². The van der Waals surface area contributed by atoms with Gasteiger partial charge in [-0.05, 0) is 51.2 Å². The van der Waals surface area contributed by atoms with E-state index in [2.05, 4.69) is 10.2 Å². The van der Waals surface area contributed by atoms with Gasteiger partial charge in [-0.3, -0.25) is 9.59 Å². The first-order valence-electron chi connectivity index (χ1n) is 9.11. The molecular formula is C19H28N4O2. The lowest BCUT2D eigenvalue weighted by molar-refractivity contribution is -0.132. The van der Waals surface area contributed by atoms with E-state index in [1.807, 2.05) is 48.2 Å². The van der Waals surface area contributed by atoms with Gasteiger partial charge in [0, 0.05) is 56.4 Å². The Morgan fingerprint density at radius 1 is 1.08 bits per heavy atom. The molecule has 1 heterocycles. The lowest BCUT2D eigenvalue weighted by atomic mass is 10.1. The summed E-state index contributed by atoms with van der Waals surface area (Å²) < 4.78 is 0. The first kappa shape index (κ1) is 17.7. The van der Waals surface area contributed by atoms with E-state index in [9.17, 15) is 9.59 Å². The summed E-state index contributed by atoms with van der Waals surface area (Å²) in [5.74, 6) is 0.606. The molecule has 1 aliphatic heterocycles. The van der Waals surface area contributed by atoms with Crippen LogP contribution < -0.4 is 10.2 Å². The minimum Gasteiger partial charge on any atom is -0.368 e. The van der Waals surface area contributed by atoms with Gasteiger partial charge in [0.25, 0.3) is 5.91 Å². The van der Waals surface area contributed by atoms with Crippen molar-refractivity contribution in [2.24, 2.45) is 5.92 Å². The number of carbonyl (C=O) groups excluding carboxylic acids is 2. The van der Waals surface area contributed by atoms with E-state index in [0.29, 0.717) is 23.9 Å². The summed E-state index contributed by atoms with van der Waals surface area (Å²) in [4.78, 5) is 30.5. The molecule has 0 unspecified atom stereocenters. The summed E-state index contributed by atoms with van der Waals surface area (Å²) in [6.07, 6.45) is 2.13. The van der Waals surface area contributed by atoms with Gasteiger partial charge in [0.05, 0.1) is 0 Å². The summed E-state index contributed by atoms with van der Waals surface area (Å²) in [6, 6.07) is 7.75. The minimum atomic E-state index is -0.0340. The largest absolute Gasteiger partial charge is 0.368 e. The molecule has 0 spiro atoms. The topological polar surface area (TPSA) is 55.9 Å². The Morgan fingerprint density at radius 3 is 2.28 bits per heavy atom. The molecule has 6 heteroatoms. The Kier molecular flexibility index (Phi) is 5.58. The predicted octanol–water partition coefficient (Wildman–Crippen LogP) is 1.04. The number of carbonyl (C=O) groups is 2. The third-order valence-electron chi connectivity index (χ3n) is 4.86. The predicted molar refractivity (Wildman–Crippen MR) is 98.8 cm³/mol. The van der Waals surface area contributed by atoms with E-state index in [0.717, 1.165) is 51.3 Å². The van der Waals surface area contributed by atoms with Crippen molar-refractivity contribution < 1.29 is 9.59 Å². The molecule has 1 aliphatic carbocycles. The van der Waals surface area contributed by atoms with Crippen molar-refractivity contribution in [1.29, 1.82) is 0 Å². The molecule has 3 rings (SSSR count). The summed E-state index contributed by atoms with van der Waals surface area (Å²) in [6.45, 7) is 4.77. The second kappa shape index (κ2) is 7.87. The molecule has 0 bridgehead atoms. The highest BCUT2D eigenvalue weighted by atomic mass is 16.2. The van der Waals surface area contributed by atoms with Crippen LogP contribution in [0.5, 0.6) is 0 Å². The van der Waals surface area contributed by atoms with Gasteiger partial charge in [-0.15, -0.1) is 0 Å². The van der Waals surface area contributed by atoms with Gasteiger partial charge in [0.2, 0.25) is 5.91 Å². The highest BCUT2D eigenvalue weighted by Gasteiger charge is 2.34. The van der Waals surface area contributed by atoms with Crippen LogP contribution in [0.4, 0.5) is 5.69 Å². The first-order chi connectivity index (χ1) is 12.0. The monoisotopic (exact) mass is 344 g/mol. The minimum absolute atomic E-state index is 0.0340. The maximum Gasteiger partial charge on any atom is 0.251 e. The van der Waals surface area contributed by atoms with E-state index < -0.39 is 0 Å². The summed E-state index contributed by atoms with van der Waals surface area (Å²) in [7, 11) is 3.97. The molecule has 2 amide bonds. The van der Waals surface area contributed by atoms with E-state index >= 15 is 0 Å². The van der Waals surface area contributed by atoms with Crippen molar-refractivity contribution in [3.05, 3.63) is 29.8 Å². The molecule has 136 valence electrons. The number of anilines is 1. The summed E-state index contributed by atoms with van der Waals surface area (Å²) in [5, 5.41) is 2.93. The van der Waals surface area contributed by atoms with Gasteiger partial charge in [0.1, 0.15) is 0 Å². The molecule has 0 aromatic heterocycles. The second-order valence-electron chi connectivity index (χ2n) is 7.19. The Hall–Kier alpha value is -2.08. The number of hydrogen-bond acceptors (Lipinski definition) is 4. The summed E-state index contributed by atoms with van der Waals surface area (Å²) in [5.41, 5.74) is 1.80. The van der Waals surface area contributed by atoms with E-state index in [-0.39, 0.29) is 5.91 Å². The van der Waals surface area contributed by atoms with Crippen molar-refractivity contribution in [2.75, 3.05) is 58.3 Å². The second-order valence-corrected chi connectivity index (χ2v) is 7.19. The van der Waals surface area contributed by atoms with Crippen LogP contribution in [0.25, 0.3) is 0 Å². The number of benzene rings is 1. The average Bonchev–Trinajstić information content (AvgIpc) is 3.46. The molecule has 1 saturated carbocycles. The van der Waals surface area contributed by atoms with Crippen LogP contribution in [-0.4, -0.2) is 75.0 Å². The van der Waals surface area contributed by atoms with Crippen LogP contribution in [0, 0.1) is 5.92 Å². The molecule has 6 nitrogen and oxygen atoms in total. The van der Waals surface area contributed by atoms with Crippen LogP contribution in [0.15, 0.2) is 24.3 Å². The molecular weight excluding hydrogens is 316 g/mol. The lowest BCUT2D eigenvalue weighted by Gasteiger charge is -2.36. The quantitative estimate of drug-likeness (QED) is 0.838. The number of piperazine rings is 1. The summed E-state index contributed by atoms with van der Waals surface area (Å²) >= 11 is 0. The maximum atomic E-state index is 12.1. The maximum absolute atomic E-state index is 12.1. The fourth-order valence-electron chi connectivity index (χ4n) is 3.09. The molecule has 2 fully saturated rings. The molecule has 1 saturated heterocycles. The SMILES string of the molecule is CN(C)CCNC(=O)c1ccc(N2CCN(C(=O)C3CC3)CC2)cc1. The van der Waals surface area contributed by atoms with E-state index in [1.54, 1.807) is 0 Å². The van der Waals surface area contributed by atoms with Crippen LogP contribution in [-0.2, 0) is 4.79 Å². The lowest BCUT2D eigenvalue weighted by Crippen LogP contribution is -2.49. The Morgan fingerprint density at radius 2 is 1.72 bits per heavy atom. The fourth-order valence-corrected chi connectivity index (χ4v) is 3.09. The molecule has 1 aromatic carbocycles. The normalized spacial score (nSPS) is 17.7. The molecule has 25 heavy (non-hydrogen) atoms. The number of nitrogens with one attached hydrogen (secondary N) is 1. The number of amides is 2. The van der Waals surface area contributed by atoms with Crippen molar-refractivity contribution in [1.82, 2.24) is 15.1 Å². The number of hydrogen-bond donors (Lipinski definition) is 1. The third kappa shape index (κ3) is 4.72. The molecule has 1 aromatic rings. The molecule has 0 radical (unpaired) electrons. The Labute approximate surface area is 149 Å². The molecule has 1 N–H and O–H groups in total. The average molecular weight is 344 g/mol. The van der Waals surface area contributed by atoms with Crippen LogP contribution >= 0.6 is 0 Å². The molecule has 2 aliphatic rings. The van der Waals surface area contributed by atoms with Crippen LogP contribution in [0.1, 0.15) is 23.2 Å². The smallest absolute Gasteiger partial charge is 0.251 e. The van der Waals surface area contributed by atoms with E-state index in [4.69, 9.17) is 0 Å². The number of rotatable bonds is 6. The highest BCUT2D eigenvalue weighted by Crippen LogP contribution is 2.31. The van der Waals surface area contributed by atoms with Crippen molar-refractivity contribution in [3.63, 3.8) is 0 Å². The zero-order valence-corrected chi connectivity index (χ0v) is 15.2. The first-order valence-corrected chi connectivity index (χ1v) is 9.11. The van der Waals surface area contributed by atoms with Gasteiger partial charge in [-0.25, -0.2) is 0 Å². The zero-order chi connectivity index (χ0) is 17.8. The van der Waals surface area contributed by atoms with Gasteiger partial charge < -0.3 is 20.0 Å². The fraction of sp³-hybridized carbons (Fsp3) is 0.579. The standard InChI is InChI=1S/C19H28N4O2/c1-21(2)10-9-20-18(24)15-5-7-17(8-6-15)22-11-13-23(14-12-22)19(25)16-3-4-16/h5-8,16H,3-4,9-14H2,1-2H3,(H,20,24). The van der Waals surface area contributed by atoms with Crippen molar-refractivity contribution >= 4 is 17.5 Å².